The van der Waals surface area contributed by atoms with Crippen molar-refractivity contribution in [3.8, 4) is 0 Å². The highest BCUT2D eigenvalue weighted by Gasteiger charge is 2.68. The second-order valence-electron chi connectivity index (χ2n) is 8.45. The second-order valence-corrected chi connectivity index (χ2v) is 8.45. The largest absolute Gasteiger partial charge is 0.394 e. The van der Waals surface area contributed by atoms with Crippen molar-refractivity contribution < 1.29 is 14.7 Å². The molecule has 1 aliphatic carbocycles. The molecule has 1 N–H and O–H groups in total. The highest BCUT2D eigenvalue weighted by molar-refractivity contribution is 5.95. The zero-order chi connectivity index (χ0) is 20.0. The van der Waals surface area contributed by atoms with Crippen molar-refractivity contribution in [3.63, 3.8) is 0 Å². The van der Waals surface area contributed by atoms with Gasteiger partial charge in [0.05, 0.1) is 18.2 Å². The summed E-state index contributed by atoms with van der Waals surface area (Å²) in [6.07, 6.45) is 4.68. The summed E-state index contributed by atoms with van der Waals surface area (Å²) in [6.45, 7) is 0.935. The van der Waals surface area contributed by atoms with Crippen LogP contribution in [0.2, 0.25) is 0 Å². The van der Waals surface area contributed by atoms with E-state index in [1.807, 2.05) is 35.2 Å². The Morgan fingerprint density at radius 3 is 2.38 bits per heavy atom. The number of benzene rings is 1. The first-order valence-corrected chi connectivity index (χ1v) is 10.3. The third kappa shape index (κ3) is 2.69. The highest BCUT2D eigenvalue weighted by atomic mass is 16.3. The van der Waals surface area contributed by atoms with Crippen molar-refractivity contribution >= 4 is 11.8 Å². The Balaban J connectivity index is 1.46. The van der Waals surface area contributed by atoms with Gasteiger partial charge in [-0.1, -0.05) is 42.8 Å². The topological polar surface area (TPSA) is 73.7 Å². The normalized spacial score (nSPS) is 25.1. The lowest BCUT2D eigenvalue weighted by molar-refractivity contribution is -0.183. The lowest BCUT2D eigenvalue weighted by atomic mass is 9.60. The van der Waals surface area contributed by atoms with Crippen molar-refractivity contribution in [1.82, 2.24) is 14.8 Å². The van der Waals surface area contributed by atoms with Crippen LogP contribution in [0, 0.1) is 5.92 Å². The van der Waals surface area contributed by atoms with E-state index in [-0.39, 0.29) is 36.3 Å². The molecule has 29 heavy (non-hydrogen) atoms. The Hall–Kier alpha value is -2.73. The van der Waals surface area contributed by atoms with Crippen molar-refractivity contribution in [1.29, 1.82) is 0 Å². The van der Waals surface area contributed by atoms with E-state index in [2.05, 4.69) is 4.98 Å². The Labute approximate surface area is 170 Å². The molecule has 5 rings (SSSR count). The number of amides is 2. The predicted molar refractivity (Wildman–Crippen MR) is 107 cm³/mol. The number of aliphatic hydroxyl groups excluding tert-OH is 1. The summed E-state index contributed by atoms with van der Waals surface area (Å²) in [5, 5.41) is 10.2. The molecular formula is C23H25N3O3. The third-order valence-corrected chi connectivity index (χ3v) is 6.92. The van der Waals surface area contributed by atoms with Gasteiger partial charge in [0.15, 0.2) is 0 Å². The van der Waals surface area contributed by atoms with Crippen LogP contribution in [0.15, 0.2) is 54.7 Å². The average molecular weight is 391 g/mol. The van der Waals surface area contributed by atoms with Gasteiger partial charge in [-0.2, -0.15) is 0 Å². The maximum atomic E-state index is 13.3. The number of hydrogen-bond acceptors (Lipinski definition) is 4. The van der Waals surface area contributed by atoms with Crippen LogP contribution in [0.3, 0.4) is 0 Å². The van der Waals surface area contributed by atoms with E-state index in [9.17, 15) is 14.7 Å². The highest BCUT2D eigenvalue weighted by Crippen LogP contribution is 2.54. The van der Waals surface area contributed by atoms with Crippen LogP contribution in [-0.2, 0) is 4.79 Å². The summed E-state index contributed by atoms with van der Waals surface area (Å²) in [5.41, 5.74) is 1.01. The molecule has 0 bridgehead atoms. The van der Waals surface area contributed by atoms with Crippen LogP contribution in [-0.4, -0.2) is 63.0 Å². The number of aromatic nitrogens is 1. The smallest absolute Gasteiger partial charge is 0.273 e. The Morgan fingerprint density at radius 1 is 1.07 bits per heavy atom. The Kier molecular flexibility index (Phi) is 4.39. The number of aliphatic hydroxyl groups is 1. The molecule has 6 heteroatoms. The number of likely N-dealkylation sites (tertiary alicyclic amines) is 2. The number of nitrogens with zero attached hydrogens (tertiary/aromatic N) is 3. The van der Waals surface area contributed by atoms with E-state index in [0.29, 0.717) is 18.8 Å². The van der Waals surface area contributed by atoms with Crippen molar-refractivity contribution in [2.45, 2.75) is 36.8 Å². The van der Waals surface area contributed by atoms with Gasteiger partial charge in [0.1, 0.15) is 5.69 Å². The van der Waals surface area contributed by atoms with Gasteiger partial charge >= 0.3 is 0 Å². The monoisotopic (exact) mass is 391 g/mol. The summed E-state index contributed by atoms with van der Waals surface area (Å²) in [6, 6.07) is 15.0. The second kappa shape index (κ2) is 6.95. The molecule has 0 radical (unpaired) electrons. The molecule has 1 aromatic carbocycles. The van der Waals surface area contributed by atoms with Gasteiger partial charge < -0.3 is 14.9 Å². The van der Waals surface area contributed by atoms with Crippen LogP contribution in [0.25, 0.3) is 0 Å². The first-order chi connectivity index (χ1) is 14.2. The van der Waals surface area contributed by atoms with E-state index in [1.54, 1.807) is 29.3 Å². The maximum absolute atomic E-state index is 13.3. The number of carbonyl (C=O) groups is 2. The summed E-state index contributed by atoms with van der Waals surface area (Å²) in [4.78, 5) is 34.0. The minimum Gasteiger partial charge on any atom is -0.394 e. The van der Waals surface area contributed by atoms with Gasteiger partial charge in [0.2, 0.25) is 5.91 Å². The molecule has 3 aliphatic rings. The molecule has 1 aromatic heterocycles. The van der Waals surface area contributed by atoms with E-state index >= 15 is 0 Å². The molecule has 150 valence electrons. The first-order valence-electron chi connectivity index (χ1n) is 10.3. The van der Waals surface area contributed by atoms with Crippen LogP contribution in [0.1, 0.15) is 41.2 Å². The molecule has 1 spiro atoms. The maximum Gasteiger partial charge on any atom is 0.273 e. The molecule has 2 aliphatic heterocycles. The molecular weight excluding hydrogens is 366 g/mol. The fourth-order valence-corrected chi connectivity index (χ4v) is 5.28. The minimum absolute atomic E-state index is 0.00630. The summed E-state index contributed by atoms with van der Waals surface area (Å²) >= 11 is 0. The lowest BCUT2D eigenvalue weighted by Gasteiger charge is -2.70. The van der Waals surface area contributed by atoms with Crippen LogP contribution in [0.4, 0.5) is 0 Å². The van der Waals surface area contributed by atoms with Crippen LogP contribution >= 0.6 is 0 Å². The quantitative estimate of drug-likeness (QED) is 0.866. The summed E-state index contributed by atoms with van der Waals surface area (Å²) < 4.78 is 0. The van der Waals surface area contributed by atoms with E-state index in [1.165, 1.54) is 0 Å². The molecule has 2 atom stereocenters. The number of pyridine rings is 1. The SMILES string of the molecule is O=C(C1CCC1)N1CC2(C1)[C@@H](c1ccccc1)[C@H](CO)N2C(=O)c1ccccn1. The predicted octanol–water partition coefficient (Wildman–Crippen LogP) is 2.06. The lowest BCUT2D eigenvalue weighted by Crippen LogP contribution is -2.86. The van der Waals surface area contributed by atoms with Gasteiger partial charge in [0, 0.05) is 31.1 Å². The molecule has 6 nitrogen and oxygen atoms in total. The number of hydrogen-bond donors (Lipinski definition) is 1. The third-order valence-electron chi connectivity index (χ3n) is 6.92. The standard InChI is InChI=1S/C23H25N3O3/c27-13-19-20(16-7-2-1-3-8-16)23(14-25(15-23)21(28)17-9-6-10-17)26(19)22(29)18-11-4-5-12-24-18/h1-5,7-8,11-12,17,19-20,27H,6,9-10,13-15H2/t19-,20-/m0/s1. The molecule has 2 aromatic rings. The van der Waals surface area contributed by atoms with E-state index in [4.69, 9.17) is 0 Å². The minimum atomic E-state index is -0.469. The average Bonchev–Trinajstić information content (AvgIpc) is 2.66. The number of carbonyl (C=O) groups excluding carboxylic acids is 2. The number of rotatable bonds is 4. The van der Waals surface area contributed by atoms with Gasteiger partial charge in [-0.15, -0.1) is 0 Å². The van der Waals surface area contributed by atoms with Gasteiger partial charge in [0.25, 0.3) is 5.91 Å². The molecule has 2 saturated heterocycles. The first kappa shape index (κ1) is 18.3. The zero-order valence-corrected chi connectivity index (χ0v) is 16.3. The molecule has 3 heterocycles. The molecule has 2 amide bonds. The van der Waals surface area contributed by atoms with Crippen LogP contribution in [0.5, 0.6) is 0 Å². The molecule has 0 unspecified atom stereocenters. The summed E-state index contributed by atoms with van der Waals surface area (Å²) in [7, 11) is 0. The molecule has 3 fully saturated rings. The Bertz CT molecular complexity index is 907. The summed E-state index contributed by atoms with van der Waals surface area (Å²) in [5.74, 6) is 0.196. The van der Waals surface area contributed by atoms with Crippen molar-refractivity contribution in [2.24, 2.45) is 5.92 Å². The fraction of sp³-hybridized carbons (Fsp3) is 0.435. The van der Waals surface area contributed by atoms with E-state index < -0.39 is 5.54 Å². The van der Waals surface area contributed by atoms with Crippen LogP contribution < -0.4 is 0 Å². The van der Waals surface area contributed by atoms with Crippen molar-refractivity contribution in [2.75, 3.05) is 19.7 Å². The van der Waals surface area contributed by atoms with E-state index in [0.717, 1.165) is 24.8 Å². The van der Waals surface area contributed by atoms with Gasteiger partial charge in [-0.3, -0.25) is 14.6 Å². The van der Waals surface area contributed by atoms with Gasteiger partial charge in [-0.25, -0.2) is 0 Å². The van der Waals surface area contributed by atoms with Gasteiger partial charge in [-0.05, 0) is 30.5 Å². The molecule has 1 saturated carbocycles. The zero-order valence-electron chi connectivity index (χ0n) is 16.3. The fourth-order valence-electron chi connectivity index (χ4n) is 5.28. The Morgan fingerprint density at radius 2 is 1.79 bits per heavy atom. The van der Waals surface area contributed by atoms with Crippen molar-refractivity contribution in [3.05, 3.63) is 66.0 Å².